The minimum absolute atomic E-state index is 0.0257. The number of carbonyl (C=O) groups is 2. The molecule has 0 saturated carbocycles. The molecule has 4 rings (SSSR count). The Balaban J connectivity index is 0.000000274. The molecule has 272 valence electrons. The second kappa shape index (κ2) is 15.4. The average molecular weight is 808 g/mol. The number of halogens is 5. The maximum atomic E-state index is 12.8. The maximum Gasteiger partial charge on any atom is 0.355 e. The van der Waals surface area contributed by atoms with E-state index in [1.54, 1.807) is 4.72 Å². The number of alkyl halides is 2. The van der Waals surface area contributed by atoms with Crippen LogP contribution < -0.4 is 29.9 Å². The Morgan fingerprint density at radius 2 is 1.56 bits per heavy atom. The molecule has 4 N–H and O–H groups in total. The highest BCUT2D eigenvalue weighted by molar-refractivity contribution is 7.92. The fourth-order valence-corrected chi connectivity index (χ4v) is 6.47. The van der Waals surface area contributed by atoms with E-state index in [2.05, 4.69) is 30.2 Å². The number of amides is 2. The van der Waals surface area contributed by atoms with Crippen LogP contribution in [0.4, 0.5) is 25.2 Å². The van der Waals surface area contributed by atoms with Gasteiger partial charge in [-0.25, -0.2) is 32.1 Å². The van der Waals surface area contributed by atoms with Gasteiger partial charge in [0.15, 0.2) is 10.2 Å². The molecule has 2 amide bonds. The van der Waals surface area contributed by atoms with Gasteiger partial charge >= 0.3 is 24.2 Å². The third-order valence-electron chi connectivity index (χ3n) is 5.71. The quantitative estimate of drug-likeness (QED) is 0.180. The Hall–Kier alpha value is -4.78. The number of carboxylic acid groups (broad SMARTS) is 1. The molecular weight excluding hydrogens is 785 g/mol. The number of nitrogens with zero attached hydrogens (tertiary/aromatic N) is 7. The molecule has 0 aliphatic rings. The smallest absolute Gasteiger partial charge is 0.355 e. The number of methoxy groups -OCH3 is 2. The second-order valence-electron chi connectivity index (χ2n) is 9.28. The topological polar surface area (TPSA) is 261 Å². The molecule has 50 heavy (non-hydrogen) atoms. The van der Waals surface area contributed by atoms with Gasteiger partial charge in [-0.3, -0.25) is 14.7 Å². The van der Waals surface area contributed by atoms with Gasteiger partial charge in [0, 0.05) is 7.05 Å². The number of rotatable bonds is 10. The highest BCUT2D eigenvalue weighted by atomic mass is 35.5. The van der Waals surface area contributed by atoms with E-state index in [1.165, 1.54) is 33.3 Å². The van der Waals surface area contributed by atoms with E-state index in [-0.39, 0.29) is 49.5 Å². The number of benzene rings is 1. The Morgan fingerprint density at radius 1 is 0.980 bits per heavy atom. The highest BCUT2D eigenvalue weighted by Gasteiger charge is 2.32. The molecule has 20 nitrogen and oxygen atoms in total. The molecule has 0 bridgehead atoms. The number of carboxylic acids is 1. The first kappa shape index (κ1) is 39.7. The van der Waals surface area contributed by atoms with E-state index in [4.69, 9.17) is 49.4 Å². The summed E-state index contributed by atoms with van der Waals surface area (Å²) in [5, 5.41) is 17.0. The van der Waals surface area contributed by atoms with Crippen molar-refractivity contribution in [2.24, 2.45) is 7.05 Å². The van der Waals surface area contributed by atoms with Crippen molar-refractivity contribution in [3.8, 4) is 17.4 Å². The molecule has 27 heteroatoms. The van der Waals surface area contributed by atoms with Gasteiger partial charge < -0.3 is 14.6 Å². The Labute approximate surface area is 295 Å². The second-order valence-corrected chi connectivity index (χ2v) is 13.8. The van der Waals surface area contributed by atoms with E-state index >= 15 is 0 Å². The van der Waals surface area contributed by atoms with Gasteiger partial charge in [0.1, 0.15) is 11.4 Å². The third kappa shape index (κ3) is 9.26. The number of urea groups is 1. The average Bonchev–Trinajstić information content (AvgIpc) is 3.47. The molecule has 3 aromatic heterocycles. The summed E-state index contributed by atoms with van der Waals surface area (Å²) in [6, 6.07) is 2.38. The summed E-state index contributed by atoms with van der Waals surface area (Å²) in [7, 11) is -4.51. The van der Waals surface area contributed by atoms with Crippen molar-refractivity contribution in [1.82, 2.24) is 38.8 Å². The lowest BCUT2D eigenvalue weighted by atomic mass is 10.3. The number of aromatic carboxylic acids is 1. The number of ether oxygens (including phenoxy) is 2. The molecule has 3 heterocycles. The summed E-state index contributed by atoms with van der Waals surface area (Å²) < 4.78 is 88.2. The van der Waals surface area contributed by atoms with Gasteiger partial charge in [0.25, 0.3) is 10.0 Å². The Kier molecular flexibility index (Phi) is 12.2. The molecule has 0 aliphatic heterocycles. The monoisotopic (exact) mass is 806 g/mol. The van der Waals surface area contributed by atoms with Crippen LogP contribution in [-0.4, -0.2) is 88.5 Å². The molecule has 4 aromatic rings. The Bertz CT molecular complexity index is 2220. The van der Waals surface area contributed by atoms with E-state index in [9.17, 15) is 40.0 Å². The standard InChI is InChI=1S/C12H13ClN6O7S.C11H10Cl2F2N4O3S/c1-19-9(7(10(20)21)8(13)17-19)27(23,24)18-12(22)16-11-14-5(25-2)4-6(15-11)26-3;1-5-16-19(11(20)18(5)10(14)15)9-4-8(17-23(2,21)22)6(12)3-7(9)13/h4H,1-3H3,(H,20,21)(H2,14,15,16,18,22);3-4,10,17H,1-2H3. The van der Waals surface area contributed by atoms with Gasteiger partial charge in [0.05, 0.1) is 48.0 Å². The number of hydrogen-bond acceptors (Lipinski definition) is 13. The lowest BCUT2D eigenvalue weighted by Crippen LogP contribution is -2.36. The third-order valence-corrected chi connectivity index (χ3v) is 8.61. The van der Waals surface area contributed by atoms with Crippen LogP contribution in [0, 0.1) is 6.92 Å². The molecular formula is C23H23Cl3F2N10O10S2. The lowest BCUT2D eigenvalue weighted by Gasteiger charge is -2.10. The molecule has 0 unspecified atom stereocenters. The molecule has 0 atom stereocenters. The summed E-state index contributed by atoms with van der Waals surface area (Å²) in [5.74, 6) is -2.08. The molecule has 0 radical (unpaired) electrons. The molecule has 1 aromatic carbocycles. The van der Waals surface area contributed by atoms with Crippen LogP contribution >= 0.6 is 34.8 Å². The van der Waals surface area contributed by atoms with Gasteiger partial charge in [-0.05, 0) is 19.1 Å². The number of anilines is 2. The largest absolute Gasteiger partial charge is 0.481 e. The summed E-state index contributed by atoms with van der Waals surface area (Å²) in [4.78, 5) is 42.9. The molecule has 0 saturated heterocycles. The van der Waals surface area contributed by atoms with Crippen molar-refractivity contribution in [3.05, 3.63) is 55.3 Å². The van der Waals surface area contributed by atoms with Crippen molar-refractivity contribution in [3.63, 3.8) is 0 Å². The minimum atomic E-state index is -4.64. The zero-order valence-electron chi connectivity index (χ0n) is 25.8. The lowest BCUT2D eigenvalue weighted by molar-refractivity contribution is 0.0639. The number of carbonyl (C=O) groups excluding carboxylic acids is 1. The van der Waals surface area contributed by atoms with Gasteiger partial charge in [-0.1, -0.05) is 34.8 Å². The summed E-state index contributed by atoms with van der Waals surface area (Å²) in [6.45, 7) is -1.85. The van der Waals surface area contributed by atoms with Crippen LogP contribution in [-0.2, 0) is 27.1 Å². The number of sulfonamides is 2. The normalized spacial score (nSPS) is 11.4. The van der Waals surface area contributed by atoms with Crippen LogP contribution in [0.3, 0.4) is 0 Å². The van der Waals surface area contributed by atoms with Gasteiger partial charge in [0.2, 0.25) is 27.7 Å². The summed E-state index contributed by atoms with van der Waals surface area (Å²) in [6.07, 6.45) is 0.902. The van der Waals surface area contributed by atoms with Gasteiger partial charge in [-0.15, -0.1) is 5.10 Å². The summed E-state index contributed by atoms with van der Waals surface area (Å²) in [5.41, 5.74) is -2.05. The Morgan fingerprint density at radius 3 is 2.04 bits per heavy atom. The van der Waals surface area contributed by atoms with E-state index < -0.39 is 60.0 Å². The molecule has 0 aliphatic carbocycles. The minimum Gasteiger partial charge on any atom is -0.481 e. The SMILES string of the molecule is COc1cc(OC)nc(NC(=O)NS(=O)(=O)c2c(C(=O)O)c(Cl)nn2C)n1.Cc1nn(-c2cc(NS(C)(=O)=O)c(Cl)cc2Cl)c(=O)n1C(F)F. The van der Waals surface area contributed by atoms with Crippen LogP contribution in [0.5, 0.6) is 11.8 Å². The van der Waals surface area contributed by atoms with Crippen molar-refractivity contribution >= 4 is 78.5 Å². The number of aryl methyl sites for hydroxylation is 2. The predicted octanol–water partition coefficient (Wildman–Crippen LogP) is 2.51. The predicted molar refractivity (Wildman–Crippen MR) is 172 cm³/mol. The first-order valence-corrected chi connectivity index (χ1v) is 17.3. The van der Waals surface area contributed by atoms with Crippen molar-refractivity contribution in [1.29, 1.82) is 0 Å². The fraction of sp³-hybridized carbons (Fsp3) is 0.261. The van der Waals surface area contributed by atoms with E-state index in [0.717, 1.165) is 19.4 Å². The van der Waals surface area contributed by atoms with Gasteiger partial charge in [-0.2, -0.15) is 36.9 Å². The molecule has 0 fully saturated rings. The zero-order chi connectivity index (χ0) is 37.9. The fourth-order valence-electron chi connectivity index (χ4n) is 3.77. The first-order valence-electron chi connectivity index (χ1n) is 12.8. The van der Waals surface area contributed by atoms with Crippen molar-refractivity contribution < 1.29 is 49.8 Å². The van der Waals surface area contributed by atoms with Crippen LogP contribution in [0.25, 0.3) is 5.69 Å². The first-order chi connectivity index (χ1) is 23.1. The summed E-state index contributed by atoms with van der Waals surface area (Å²) >= 11 is 17.5. The van der Waals surface area contributed by atoms with Crippen molar-refractivity contribution in [2.45, 2.75) is 18.5 Å². The van der Waals surface area contributed by atoms with E-state index in [0.29, 0.717) is 9.36 Å². The highest BCUT2D eigenvalue weighted by Crippen LogP contribution is 2.31. The van der Waals surface area contributed by atoms with Crippen LogP contribution in [0.1, 0.15) is 22.7 Å². The maximum absolute atomic E-state index is 12.8. The number of hydrogen-bond donors (Lipinski definition) is 4. The van der Waals surface area contributed by atoms with Crippen molar-refractivity contribution in [2.75, 3.05) is 30.5 Å². The zero-order valence-corrected chi connectivity index (χ0v) is 29.7. The van der Waals surface area contributed by atoms with E-state index in [1.807, 2.05) is 0 Å². The molecule has 0 spiro atoms. The van der Waals surface area contributed by atoms with Crippen LogP contribution in [0.15, 0.2) is 28.0 Å². The number of nitrogens with one attached hydrogen (secondary N) is 3. The number of aromatic nitrogens is 7. The van der Waals surface area contributed by atoms with Crippen LogP contribution in [0.2, 0.25) is 15.2 Å².